The van der Waals surface area contributed by atoms with Crippen molar-refractivity contribution in [2.45, 2.75) is 32.4 Å². The van der Waals surface area contributed by atoms with Gasteiger partial charge in [0, 0.05) is 25.7 Å². The zero-order valence-electron chi connectivity index (χ0n) is 10.0. The molecule has 0 aromatic carbocycles. The first kappa shape index (κ1) is 15.5. The Hall–Kier alpha value is -0.520. The molecule has 2 N–H and O–H groups in total. The van der Waals surface area contributed by atoms with Crippen molar-refractivity contribution >= 4 is 18.5 Å². The minimum absolute atomic E-state index is 0. The fourth-order valence-electron chi connectivity index (χ4n) is 1.44. The number of halogens is 1. The standard InChI is InChI=1S/C10H20N2O3.ClH/c1-10(2,3)15-9(14)12-5-4-11-8(6-12)7-13;/h8,11,13H,4-7H2,1-3H3;1H/t8-;/m1./s1. The van der Waals surface area contributed by atoms with Crippen LogP contribution in [0.15, 0.2) is 0 Å². The number of nitrogens with one attached hydrogen (secondary N) is 1. The van der Waals surface area contributed by atoms with Gasteiger partial charge in [-0.3, -0.25) is 0 Å². The molecule has 0 radical (unpaired) electrons. The Labute approximate surface area is 103 Å². The summed E-state index contributed by atoms with van der Waals surface area (Å²) in [6.45, 7) is 7.41. The van der Waals surface area contributed by atoms with Crippen molar-refractivity contribution < 1.29 is 14.6 Å². The summed E-state index contributed by atoms with van der Waals surface area (Å²) in [4.78, 5) is 13.3. The zero-order chi connectivity index (χ0) is 11.5. The lowest BCUT2D eigenvalue weighted by Gasteiger charge is -2.34. The van der Waals surface area contributed by atoms with Gasteiger partial charge < -0.3 is 20.1 Å². The van der Waals surface area contributed by atoms with E-state index in [1.807, 2.05) is 20.8 Å². The van der Waals surface area contributed by atoms with E-state index in [-0.39, 0.29) is 31.1 Å². The Morgan fingerprint density at radius 1 is 1.56 bits per heavy atom. The van der Waals surface area contributed by atoms with Crippen LogP contribution in [0.2, 0.25) is 0 Å². The van der Waals surface area contributed by atoms with Crippen molar-refractivity contribution in [3.8, 4) is 0 Å². The van der Waals surface area contributed by atoms with Gasteiger partial charge in [-0.2, -0.15) is 0 Å². The van der Waals surface area contributed by atoms with Crippen molar-refractivity contribution in [2.24, 2.45) is 0 Å². The quantitative estimate of drug-likeness (QED) is 0.718. The number of carbonyl (C=O) groups excluding carboxylic acids is 1. The smallest absolute Gasteiger partial charge is 0.410 e. The predicted molar refractivity (Wildman–Crippen MR) is 63.9 cm³/mol. The highest BCUT2D eigenvalue weighted by atomic mass is 35.5. The fraction of sp³-hybridized carbons (Fsp3) is 0.900. The molecule has 1 fully saturated rings. The van der Waals surface area contributed by atoms with Crippen LogP contribution in [-0.4, -0.2) is 54.0 Å². The van der Waals surface area contributed by atoms with Crippen LogP contribution in [0.4, 0.5) is 4.79 Å². The van der Waals surface area contributed by atoms with E-state index in [2.05, 4.69) is 5.32 Å². The highest BCUT2D eigenvalue weighted by Gasteiger charge is 2.26. The first-order chi connectivity index (χ1) is 6.92. The molecule has 6 heteroatoms. The van der Waals surface area contributed by atoms with Crippen LogP contribution < -0.4 is 5.32 Å². The first-order valence-corrected chi connectivity index (χ1v) is 5.24. The van der Waals surface area contributed by atoms with Crippen molar-refractivity contribution in [1.29, 1.82) is 0 Å². The third kappa shape index (κ3) is 5.01. The first-order valence-electron chi connectivity index (χ1n) is 5.24. The zero-order valence-corrected chi connectivity index (χ0v) is 10.8. The Balaban J connectivity index is 0.00000225. The predicted octanol–water partition coefficient (Wildman–Crippen LogP) is 0.609. The summed E-state index contributed by atoms with van der Waals surface area (Å²) in [7, 11) is 0. The molecule has 0 bridgehead atoms. The molecule has 1 heterocycles. The molecule has 1 aliphatic rings. The molecular formula is C10H21ClN2O3. The molecule has 16 heavy (non-hydrogen) atoms. The lowest BCUT2D eigenvalue weighted by atomic mass is 10.2. The molecule has 0 saturated carbocycles. The van der Waals surface area contributed by atoms with Crippen LogP contribution >= 0.6 is 12.4 Å². The molecule has 0 aromatic heterocycles. The second-order valence-corrected chi connectivity index (χ2v) is 4.76. The maximum atomic E-state index is 11.7. The van der Waals surface area contributed by atoms with Gasteiger partial charge in [-0.1, -0.05) is 0 Å². The fourth-order valence-corrected chi connectivity index (χ4v) is 1.44. The molecule has 0 aromatic rings. The Bertz CT molecular complexity index is 231. The number of piperazine rings is 1. The van der Waals surface area contributed by atoms with E-state index in [0.717, 1.165) is 0 Å². The molecule has 1 aliphatic heterocycles. The van der Waals surface area contributed by atoms with E-state index in [0.29, 0.717) is 19.6 Å². The molecule has 1 rings (SSSR count). The van der Waals surface area contributed by atoms with Gasteiger partial charge in [0.05, 0.1) is 6.61 Å². The average Bonchev–Trinajstić information content (AvgIpc) is 2.15. The van der Waals surface area contributed by atoms with Crippen molar-refractivity contribution in [3.05, 3.63) is 0 Å². The molecule has 1 amide bonds. The van der Waals surface area contributed by atoms with Crippen LogP contribution in [0.5, 0.6) is 0 Å². The summed E-state index contributed by atoms with van der Waals surface area (Å²) >= 11 is 0. The van der Waals surface area contributed by atoms with Crippen LogP contribution in [0.25, 0.3) is 0 Å². The number of rotatable bonds is 1. The molecule has 1 saturated heterocycles. The number of carbonyl (C=O) groups is 1. The lowest BCUT2D eigenvalue weighted by molar-refractivity contribution is 0.0173. The molecule has 5 nitrogen and oxygen atoms in total. The van der Waals surface area contributed by atoms with Gasteiger partial charge in [-0.05, 0) is 20.8 Å². The van der Waals surface area contributed by atoms with E-state index in [1.165, 1.54) is 0 Å². The van der Waals surface area contributed by atoms with Crippen molar-refractivity contribution in [1.82, 2.24) is 10.2 Å². The number of aliphatic hydroxyl groups excluding tert-OH is 1. The number of amides is 1. The SMILES string of the molecule is CC(C)(C)OC(=O)N1CCN[C@@H](CO)C1.Cl. The third-order valence-electron chi connectivity index (χ3n) is 2.13. The Morgan fingerprint density at radius 3 is 2.69 bits per heavy atom. The van der Waals surface area contributed by atoms with Crippen LogP contribution in [0, 0.1) is 0 Å². The Morgan fingerprint density at radius 2 is 2.19 bits per heavy atom. The van der Waals surface area contributed by atoms with Gasteiger partial charge >= 0.3 is 6.09 Å². The second kappa shape index (κ2) is 6.27. The van der Waals surface area contributed by atoms with Crippen LogP contribution in [0.3, 0.4) is 0 Å². The Kier molecular flexibility index (Phi) is 6.07. The van der Waals surface area contributed by atoms with Gasteiger partial charge in [0.1, 0.15) is 5.60 Å². The number of nitrogens with zero attached hydrogens (tertiary/aromatic N) is 1. The van der Waals surface area contributed by atoms with Crippen molar-refractivity contribution in [2.75, 3.05) is 26.2 Å². The van der Waals surface area contributed by atoms with E-state index in [4.69, 9.17) is 9.84 Å². The average molecular weight is 253 g/mol. The number of hydrogen-bond acceptors (Lipinski definition) is 4. The second-order valence-electron chi connectivity index (χ2n) is 4.76. The normalized spacial score (nSPS) is 21.2. The lowest BCUT2D eigenvalue weighted by Crippen LogP contribution is -2.54. The van der Waals surface area contributed by atoms with E-state index >= 15 is 0 Å². The van der Waals surface area contributed by atoms with Gasteiger partial charge in [0.25, 0.3) is 0 Å². The number of hydrogen-bond donors (Lipinski definition) is 2. The summed E-state index contributed by atoms with van der Waals surface area (Å²) < 4.78 is 5.25. The van der Waals surface area contributed by atoms with Crippen LogP contribution in [0.1, 0.15) is 20.8 Å². The molecule has 0 spiro atoms. The van der Waals surface area contributed by atoms with Gasteiger partial charge in [-0.25, -0.2) is 4.79 Å². The monoisotopic (exact) mass is 252 g/mol. The largest absolute Gasteiger partial charge is 0.444 e. The number of ether oxygens (including phenoxy) is 1. The maximum Gasteiger partial charge on any atom is 0.410 e. The molecule has 1 atom stereocenters. The molecule has 96 valence electrons. The maximum absolute atomic E-state index is 11.7. The topological polar surface area (TPSA) is 61.8 Å². The highest BCUT2D eigenvalue weighted by molar-refractivity contribution is 5.85. The minimum atomic E-state index is -0.462. The van der Waals surface area contributed by atoms with E-state index < -0.39 is 5.60 Å². The summed E-state index contributed by atoms with van der Waals surface area (Å²) in [6.07, 6.45) is -0.303. The van der Waals surface area contributed by atoms with Crippen LogP contribution in [-0.2, 0) is 4.74 Å². The molecular weight excluding hydrogens is 232 g/mol. The van der Waals surface area contributed by atoms with Gasteiger partial charge in [0.2, 0.25) is 0 Å². The van der Waals surface area contributed by atoms with Crippen molar-refractivity contribution in [3.63, 3.8) is 0 Å². The number of aliphatic hydroxyl groups is 1. The van der Waals surface area contributed by atoms with Gasteiger partial charge in [-0.15, -0.1) is 12.4 Å². The highest BCUT2D eigenvalue weighted by Crippen LogP contribution is 2.11. The molecule has 0 unspecified atom stereocenters. The molecule has 0 aliphatic carbocycles. The summed E-state index contributed by atoms with van der Waals surface area (Å²) in [6, 6.07) is -0.0359. The van der Waals surface area contributed by atoms with E-state index in [9.17, 15) is 4.79 Å². The summed E-state index contributed by atoms with van der Waals surface area (Å²) in [5.41, 5.74) is -0.462. The summed E-state index contributed by atoms with van der Waals surface area (Å²) in [5, 5.41) is 12.1. The van der Waals surface area contributed by atoms with E-state index in [1.54, 1.807) is 4.90 Å². The summed E-state index contributed by atoms with van der Waals surface area (Å²) in [5.74, 6) is 0. The van der Waals surface area contributed by atoms with Gasteiger partial charge in [0.15, 0.2) is 0 Å². The third-order valence-corrected chi connectivity index (χ3v) is 2.13. The minimum Gasteiger partial charge on any atom is -0.444 e.